The number of amidine groups is 1. The Morgan fingerprint density at radius 1 is 1.12 bits per heavy atom. The van der Waals surface area contributed by atoms with Crippen LogP contribution in [0.15, 0.2) is 29.3 Å². The molecule has 3 nitrogen and oxygen atoms in total. The number of para-hydroxylation sites is 1. The summed E-state index contributed by atoms with van der Waals surface area (Å²) < 4.78 is 0. The minimum absolute atomic E-state index is 0.512. The highest BCUT2D eigenvalue weighted by Crippen LogP contribution is 2.23. The average molecular weight is 215 g/mol. The highest BCUT2D eigenvalue weighted by atomic mass is 15.0. The third kappa shape index (κ3) is 1.95. The Morgan fingerprint density at radius 3 is 2.75 bits per heavy atom. The molecule has 1 saturated heterocycles. The standard InChI is InChI=1S/C13H17N3/c1-2-4-12-10(3-1)9-13(16-12)15-11-5-7-14-8-6-11/h1-4,11,14H,5-9H2,(H,15,16). The number of piperidine rings is 1. The fraction of sp³-hybridized carbons (Fsp3) is 0.462. The van der Waals surface area contributed by atoms with E-state index in [2.05, 4.69) is 34.9 Å². The van der Waals surface area contributed by atoms with E-state index in [0.29, 0.717) is 6.04 Å². The summed E-state index contributed by atoms with van der Waals surface area (Å²) in [6.45, 7) is 2.21. The van der Waals surface area contributed by atoms with Gasteiger partial charge < -0.3 is 10.6 Å². The van der Waals surface area contributed by atoms with Gasteiger partial charge in [-0.15, -0.1) is 0 Å². The number of hydrogen-bond donors (Lipinski definition) is 2. The highest BCUT2D eigenvalue weighted by Gasteiger charge is 2.18. The minimum atomic E-state index is 0.512. The van der Waals surface area contributed by atoms with Gasteiger partial charge in [0.05, 0.1) is 6.04 Å². The molecule has 2 heterocycles. The lowest BCUT2D eigenvalue weighted by molar-refractivity contribution is 0.459. The molecular weight excluding hydrogens is 198 g/mol. The first-order valence-electron chi connectivity index (χ1n) is 6.04. The van der Waals surface area contributed by atoms with Crippen LogP contribution in [0.1, 0.15) is 18.4 Å². The van der Waals surface area contributed by atoms with Gasteiger partial charge in [0, 0.05) is 12.1 Å². The van der Waals surface area contributed by atoms with Crippen molar-refractivity contribution >= 4 is 11.5 Å². The lowest BCUT2D eigenvalue weighted by Gasteiger charge is -2.19. The molecule has 0 aliphatic carbocycles. The fourth-order valence-electron chi connectivity index (χ4n) is 2.41. The van der Waals surface area contributed by atoms with E-state index in [1.807, 2.05) is 0 Å². The molecule has 84 valence electrons. The topological polar surface area (TPSA) is 36.4 Å². The molecule has 3 rings (SSSR count). The Labute approximate surface area is 96.0 Å². The maximum absolute atomic E-state index is 4.82. The normalized spacial score (nSPS) is 23.1. The molecule has 1 aromatic rings. The maximum atomic E-state index is 4.82. The van der Waals surface area contributed by atoms with Crippen molar-refractivity contribution in [2.45, 2.75) is 25.3 Å². The molecule has 2 N–H and O–H groups in total. The largest absolute Gasteiger partial charge is 0.344 e. The molecule has 2 aliphatic heterocycles. The van der Waals surface area contributed by atoms with E-state index in [1.165, 1.54) is 24.1 Å². The quantitative estimate of drug-likeness (QED) is 0.749. The van der Waals surface area contributed by atoms with E-state index < -0.39 is 0 Å². The number of aliphatic imine (C=N–C) groups is 1. The summed E-state index contributed by atoms with van der Waals surface area (Å²) in [5.41, 5.74) is 2.60. The van der Waals surface area contributed by atoms with Crippen molar-refractivity contribution in [1.82, 2.24) is 5.32 Å². The summed E-state index contributed by atoms with van der Waals surface area (Å²) in [6.07, 6.45) is 3.31. The Morgan fingerprint density at radius 2 is 1.94 bits per heavy atom. The van der Waals surface area contributed by atoms with Crippen LogP contribution in [0.2, 0.25) is 0 Å². The van der Waals surface area contributed by atoms with Crippen LogP contribution in [0.4, 0.5) is 5.69 Å². The van der Waals surface area contributed by atoms with Crippen molar-refractivity contribution in [3.8, 4) is 0 Å². The number of hydrogen-bond acceptors (Lipinski definition) is 2. The Kier molecular flexibility index (Phi) is 2.62. The fourth-order valence-corrected chi connectivity index (χ4v) is 2.41. The van der Waals surface area contributed by atoms with E-state index in [9.17, 15) is 0 Å². The van der Waals surface area contributed by atoms with Crippen molar-refractivity contribution in [2.24, 2.45) is 4.99 Å². The van der Waals surface area contributed by atoms with Crippen LogP contribution in [0.3, 0.4) is 0 Å². The van der Waals surface area contributed by atoms with Crippen LogP contribution >= 0.6 is 0 Å². The van der Waals surface area contributed by atoms with E-state index >= 15 is 0 Å². The summed E-state index contributed by atoms with van der Waals surface area (Å²) in [5.74, 6) is 1.15. The number of anilines is 1. The zero-order chi connectivity index (χ0) is 10.8. The van der Waals surface area contributed by atoms with E-state index in [-0.39, 0.29) is 0 Å². The van der Waals surface area contributed by atoms with E-state index in [0.717, 1.165) is 25.3 Å². The molecule has 0 saturated carbocycles. The van der Waals surface area contributed by atoms with Gasteiger partial charge in [-0.3, -0.25) is 4.99 Å². The molecule has 16 heavy (non-hydrogen) atoms. The zero-order valence-corrected chi connectivity index (χ0v) is 9.37. The lowest BCUT2D eigenvalue weighted by Crippen LogP contribution is -2.30. The lowest BCUT2D eigenvalue weighted by atomic mass is 10.1. The van der Waals surface area contributed by atoms with Gasteiger partial charge in [-0.1, -0.05) is 18.2 Å². The maximum Gasteiger partial charge on any atom is 0.106 e. The van der Waals surface area contributed by atoms with Crippen molar-refractivity contribution in [3.63, 3.8) is 0 Å². The zero-order valence-electron chi connectivity index (χ0n) is 9.37. The van der Waals surface area contributed by atoms with Gasteiger partial charge in [0.2, 0.25) is 0 Å². The van der Waals surface area contributed by atoms with Crippen molar-refractivity contribution in [2.75, 3.05) is 18.4 Å². The summed E-state index contributed by atoms with van der Waals surface area (Å²) >= 11 is 0. The summed E-state index contributed by atoms with van der Waals surface area (Å²) in [5, 5.41) is 6.78. The number of fused-ring (bicyclic) bond motifs is 1. The van der Waals surface area contributed by atoms with Crippen LogP contribution in [0, 0.1) is 0 Å². The molecule has 3 heteroatoms. The second-order valence-corrected chi connectivity index (χ2v) is 4.52. The van der Waals surface area contributed by atoms with Gasteiger partial charge in [0.25, 0.3) is 0 Å². The Balaban J connectivity index is 1.72. The predicted octanol–water partition coefficient (Wildman–Crippen LogP) is 1.81. The number of rotatable bonds is 1. The van der Waals surface area contributed by atoms with Gasteiger partial charge in [0.1, 0.15) is 5.84 Å². The predicted molar refractivity (Wildman–Crippen MR) is 67.1 cm³/mol. The molecule has 0 amide bonds. The second-order valence-electron chi connectivity index (χ2n) is 4.52. The van der Waals surface area contributed by atoms with Crippen LogP contribution in [-0.4, -0.2) is 25.0 Å². The first-order valence-corrected chi connectivity index (χ1v) is 6.04. The molecule has 0 bridgehead atoms. The number of benzene rings is 1. The minimum Gasteiger partial charge on any atom is -0.344 e. The molecule has 1 aromatic carbocycles. The third-order valence-electron chi connectivity index (χ3n) is 3.30. The van der Waals surface area contributed by atoms with Crippen molar-refractivity contribution < 1.29 is 0 Å². The second kappa shape index (κ2) is 4.26. The van der Waals surface area contributed by atoms with Gasteiger partial charge in [-0.2, -0.15) is 0 Å². The molecule has 0 unspecified atom stereocenters. The van der Waals surface area contributed by atoms with Crippen molar-refractivity contribution in [1.29, 1.82) is 0 Å². The summed E-state index contributed by atoms with van der Waals surface area (Å²) in [7, 11) is 0. The molecule has 1 fully saturated rings. The third-order valence-corrected chi connectivity index (χ3v) is 3.30. The van der Waals surface area contributed by atoms with Crippen LogP contribution in [0.5, 0.6) is 0 Å². The Bertz CT molecular complexity index is 378. The van der Waals surface area contributed by atoms with Gasteiger partial charge in [0.15, 0.2) is 0 Å². The highest BCUT2D eigenvalue weighted by molar-refractivity contribution is 6.03. The SMILES string of the molecule is c1ccc2c(c1)CC(=NC1CCNCC1)N2. The average Bonchev–Trinajstić information content (AvgIpc) is 2.72. The van der Waals surface area contributed by atoms with Crippen LogP contribution in [0.25, 0.3) is 0 Å². The van der Waals surface area contributed by atoms with Gasteiger partial charge in [-0.25, -0.2) is 0 Å². The summed E-state index contributed by atoms with van der Waals surface area (Å²) in [4.78, 5) is 4.82. The monoisotopic (exact) mass is 215 g/mol. The van der Waals surface area contributed by atoms with Gasteiger partial charge in [-0.05, 0) is 37.6 Å². The van der Waals surface area contributed by atoms with Crippen LogP contribution < -0.4 is 10.6 Å². The number of nitrogens with one attached hydrogen (secondary N) is 2. The Hall–Kier alpha value is -1.35. The molecule has 0 atom stereocenters. The molecule has 0 radical (unpaired) electrons. The smallest absolute Gasteiger partial charge is 0.106 e. The molecule has 2 aliphatic rings. The van der Waals surface area contributed by atoms with Crippen LogP contribution in [-0.2, 0) is 6.42 Å². The molecular formula is C13H17N3. The van der Waals surface area contributed by atoms with E-state index in [1.54, 1.807) is 0 Å². The first-order chi connectivity index (χ1) is 7.92. The number of nitrogens with zero attached hydrogens (tertiary/aromatic N) is 1. The van der Waals surface area contributed by atoms with Crippen molar-refractivity contribution in [3.05, 3.63) is 29.8 Å². The molecule has 0 aromatic heterocycles. The summed E-state index contributed by atoms with van der Waals surface area (Å²) in [6, 6.07) is 8.97. The first kappa shape index (κ1) is 9.85. The molecule has 0 spiro atoms. The van der Waals surface area contributed by atoms with E-state index in [4.69, 9.17) is 4.99 Å². The van der Waals surface area contributed by atoms with Gasteiger partial charge >= 0.3 is 0 Å².